The molecule has 0 fully saturated rings. The lowest BCUT2D eigenvalue weighted by Crippen LogP contribution is -2.21. The SMILES string of the molecule is CC1CCc2c(sc(NC(=O)Cn3nc(C(F)(F)F)c4c3CCC4)c2C#N)C1. The Kier molecular flexibility index (Phi) is 4.70. The van der Waals surface area contributed by atoms with E-state index in [0.717, 1.165) is 29.7 Å². The highest BCUT2D eigenvalue weighted by Crippen LogP contribution is 2.39. The van der Waals surface area contributed by atoms with E-state index in [0.29, 0.717) is 41.4 Å². The molecule has 2 aromatic rings. The van der Waals surface area contributed by atoms with Crippen LogP contribution in [0.3, 0.4) is 0 Å². The fraction of sp³-hybridized carbons (Fsp3) is 0.526. The number of nitriles is 1. The molecule has 0 aliphatic heterocycles. The Morgan fingerprint density at radius 1 is 1.36 bits per heavy atom. The molecule has 1 unspecified atom stereocenters. The molecule has 1 atom stereocenters. The summed E-state index contributed by atoms with van der Waals surface area (Å²) >= 11 is 1.40. The predicted octanol–water partition coefficient (Wildman–Crippen LogP) is 4.09. The normalized spacial score (nSPS) is 18.5. The summed E-state index contributed by atoms with van der Waals surface area (Å²) in [5.74, 6) is 0.0720. The van der Waals surface area contributed by atoms with Crippen molar-refractivity contribution in [3.05, 3.63) is 33.0 Å². The molecule has 2 aromatic heterocycles. The molecule has 1 N–H and O–H groups in total. The predicted molar refractivity (Wildman–Crippen MR) is 98.1 cm³/mol. The number of aromatic nitrogens is 2. The van der Waals surface area contributed by atoms with Crippen molar-refractivity contribution >= 4 is 22.2 Å². The van der Waals surface area contributed by atoms with Crippen molar-refractivity contribution < 1.29 is 18.0 Å². The number of hydrogen-bond acceptors (Lipinski definition) is 4. The van der Waals surface area contributed by atoms with Crippen LogP contribution >= 0.6 is 11.3 Å². The third-order valence-electron chi connectivity index (χ3n) is 5.45. The van der Waals surface area contributed by atoms with Gasteiger partial charge in [0.1, 0.15) is 17.6 Å². The van der Waals surface area contributed by atoms with E-state index in [2.05, 4.69) is 23.4 Å². The summed E-state index contributed by atoms with van der Waals surface area (Å²) in [7, 11) is 0. The van der Waals surface area contributed by atoms with E-state index in [4.69, 9.17) is 0 Å². The lowest BCUT2D eigenvalue weighted by molar-refractivity contribution is -0.142. The van der Waals surface area contributed by atoms with Crippen LogP contribution in [0.25, 0.3) is 0 Å². The van der Waals surface area contributed by atoms with Crippen molar-refractivity contribution in [2.75, 3.05) is 5.32 Å². The van der Waals surface area contributed by atoms with Crippen LogP contribution in [0.15, 0.2) is 0 Å². The van der Waals surface area contributed by atoms with Crippen molar-refractivity contribution in [3.8, 4) is 6.07 Å². The molecule has 148 valence electrons. The summed E-state index contributed by atoms with van der Waals surface area (Å²) in [6, 6.07) is 2.18. The van der Waals surface area contributed by atoms with Crippen LogP contribution in [-0.4, -0.2) is 15.7 Å². The summed E-state index contributed by atoms with van der Waals surface area (Å²) in [4.78, 5) is 13.6. The van der Waals surface area contributed by atoms with Crippen molar-refractivity contribution in [1.29, 1.82) is 5.26 Å². The lowest BCUT2D eigenvalue weighted by atomic mass is 9.89. The maximum atomic E-state index is 13.2. The zero-order valence-corrected chi connectivity index (χ0v) is 16.1. The van der Waals surface area contributed by atoms with Crippen molar-refractivity contribution in [3.63, 3.8) is 0 Å². The van der Waals surface area contributed by atoms with Gasteiger partial charge in [0.25, 0.3) is 0 Å². The number of carbonyl (C=O) groups is 1. The molecule has 0 saturated carbocycles. The first-order chi connectivity index (χ1) is 13.3. The Hall–Kier alpha value is -2.34. The smallest absolute Gasteiger partial charge is 0.315 e. The maximum Gasteiger partial charge on any atom is 0.435 e. The minimum absolute atomic E-state index is 0.207. The first kappa shape index (κ1) is 19.0. The van der Waals surface area contributed by atoms with Gasteiger partial charge < -0.3 is 5.32 Å². The van der Waals surface area contributed by atoms with Crippen LogP contribution < -0.4 is 5.32 Å². The van der Waals surface area contributed by atoms with Gasteiger partial charge in [0.15, 0.2) is 5.69 Å². The van der Waals surface area contributed by atoms with Gasteiger partial charge in [-0.15, -0.1) is 11.3 Å². The fourth-order valence-electron chi connectivity index (χ4n) is 4.13. The summed E-state index contributed by atoms with van der Waals surface area (Å²) < 4.78 is 40.7. The number of hydrogen-bond donors (Lipinski definition) is 1. The van der Waals surface area contributed by atoms with E-state index in [1.807, 2.05) is 0 Å². The van der Waals surface area contributed by atoms with Crippen molar-refractivity contribution in [2.24, 2.45) is 5.92 Å². The number of nitrogens with zero attached hydrogens (tertiary/aromatic N) is 3. The number of amides is 1. The van der Waals surface area contributed by atoms with Crippen LogP contribution in [-0.2, 0) is 43.2 Å². The molecule has 0 aromatic carbocycles. The quantitative estimate of drug-likeness (QED) is 0.832. The highest BCUT2D eigenvalue weighted by Gasteiger charge is 2.40. The second kappa shape index (κ2) is 6.92. The second-order valence-corrected chi connectivity index (χ2v) is 8.60. The van der Waals surface area contributed by atoms with Crippen LogP contribution in [0.4, 0.5) is 18.2 Å². The van der Waals surface area contributed by atoms with Crippen LogP contribution in [0.5, 0.6) is 0 Å². The van der Waals surface area contributed by atoms with Crippen molar-refractivity contribution in [2.45, 2.75) is 58.2 Å². The number of fused-ring (bicyclic) bond motifs is 2. The minimum atomic E-state index is -4.52. The van der Waals surface area contributed by atoms with Crippen LogP contribution in [0.2, 0.25) is 0 Å². The molecule has 0 radical (unpaired) electrons. The highest BCUT2D eigenvalue weighted by atomic mass is 32.1. The standard InChI is InChI=1S/C19H19F3N4OS/c1-10-5-6-11-13(8-23)18(28-15(11)7-10)24-16(27)9-26-14-4-2-3-12(14)17(25-26)19(20,21)22/h10H,2-7,9H2,1H3,(H,24,27). The summed E-state index contributed by atoms with van der Waals surface area (Å²) in [6.45, 7) is 1.87. The second-order valence-electron chi connectivity index (χ2n) is 7.50. The average Bonchev–Trinajstić information content (AvgIpc) is 3.28. The van der Waals surface area contributed by atoms with E-state index in [-0.39, 0.29) is 12.1 Å². The molecule has 0 spiro atoms. The van der Waals surface area contributed by atoms with E-state index in [9.17, 15) is 23.2 Å². The fourth-order valence-corrected chi connectivity index (χ4v) is 5.50. The summed E-state index contributed by atoms with van der Waals surface area (Å²) in [5, 5.41) is 16.4. The van der Waals surface area contributed by atoms with Gasteiger partial charge in [0, 0.05) is 16.1 Å². The highest BCUT2D eigenvalue weighted by molar-refractivity contribution is 7.16. The van der Waals surface area contributed by atoms with Gasteiger partial charge in [-0.1, -0.05) is 6.92 Å². The molecule has 4 rings (SSSR count). The van der Waals surface area contributed by atoms with Gasteiger partial charge in [0.05, 0.1) is 5.56 Å². The molecule has 2 aliphatic rings. The molecule has 0 saturated heterocycles. The number of alkyl halides is 3. The number of rotatable bonds is 3. The number of anilines is 1. The van der Waals surface area contributed by atoms with Crippen LogP contribution in [0, 0.1) is 17.2 Å². The van der Waals surface area contributed by atoms with E-state index in [1.165, 1.54) is 16.0 Å². The van der Waals surface area contributed by atoms with Gasteiger partial charge in [-0.05, 0) is 50.0 Å². The zero-order chi connectivity index (χ0) is 20.1. The third kappa shape index (κ3) is 3.30. The first-order valence-electron chi connectivity index (χ1n) is 9.28. The van der Waals surface area contributed by atoms with Gasteiger partial charge in [-0.25, -0.2) is 0 Å². The molecule has 2 heterocycles. The molecule has 5 nitrogen and oxygen atoms in total. The number of carbonyl (C=O) groups excluding carboxylic acids is 1. The van der Waals surface area contributed by atoms with E-state index in [1.54, 1.807) is 0 Å². The Balaban J connectivity index is 1.56. The van der Waals surface area contributed by atoms with Crippen molar-refractivity contribution in [1.82, 2.24) is 9.78 Å². The maximum absolute atomic E-state index is 13.2. The molecule has 28 heavy (non-hydrogen) atoms. The number of thiophene rings is 1. The number of halogens is 3. The van der Waals surface area contributed by atoms with Gasteiger partial charge in [0.2, 0.25) is 5.91 Å². The average molecular weight is 408 g/mol. The molecule has 0 bridgehead atoms. The first-order valence-corrected chi connectivity index (χ1v) is 10.1. The van der Waals surface area contributed by atoms with Gasteiger partial charge >= 0.3 is 6.18 Å². The van der Waals surface area contributed by atoms with Crippen LogP contribution in [0.1, 0.15) is 52.7 Å². The summed E-state index contributed by atoms with van der Waals surface area (Å²) in [6.07, 6.45) is -0.370. The van der Waals surface area contributed by atoms with E-state index >= 15 is 0 Å². The topological polar surface area (TPSA) is 70.7 Å². The zero-order valence-electron chi connectivity index (χ0n) is 15.3. The molecule has 2 aliphatic carbocycles. The van der Waals surface area contributed by atoms with E-state index < -0.39 is 17.8 Å². The number of nitrogens with one attached hydrogen (secondary N) is 1. The molecular weight excluding hydrogens is 389 g/mol. The third-order valence-corrected chi connectivity index (χ3v) is 6.61. The Morgan fingerprint density at radius 3 is 2.86 bits per heavy atom. The Morgan fingerprint density at radius 2 is 2.14 bits per heavy atom. The lowest BCUT2D eigenvalue weighted by Gasteiger charge is -2.17. The summed E-state index contributed by atoms with van der Waals surface area (Å²) in [5.41, 5.74) is 1.30. The van der Waals surface area contributed by atoms with Gasteiger partial charge in [-0.3, -0.25) is 9.48 Å². The monoisotopic (exact) mass is 408 g/mol. The minimum Gasteiger partial charge on any atom is -0.315 e. The largest absolute Gasteiger partial charge is 0.435 e. The molecule has 9 heteroatoms. The Bertz CT molecular complexity index is 983. The molecular formula is C19H19F3N4OS. The Labute approximate surface area is 164 Å². The van der Waals surface area contributed by atoms with Gasteiger partial charge in [-0.2, -0.15) is 23.5 Å². The molecule has 1 amide bonds.